The molecule has 1 aromatic carbocycles. The van der Waals surface area contributed by atoms with Gasteiger partial charge in [0, 0.05) is 5.54 Å². The third-order valence-corrected chi connectivity index (χ3v) is 5.79. The van der Waals surface area contributed by atoms with Crippen LogP contribution in [0.2, 0.25) is 0 Å². The van der Waals surface area contributed by atoms with Gasteiger partial charge in [-0.2, -0.15) is 0 Å². The lowest BCUT2D eigenvalue weighted by Gasteiger charge is -2.40. The highest BCUT2D eigenvalue weighted by Gasteiger charge is 2.45. The summed E-state index contributed by atoms with van der Waals surface area (Å²) in [5.74, 6) is 0.419. The van der Waals surface area contributed by atoms with Gasteiger partial charge in [-0.3, -0.25) is 0 Å². The Balaban J connectivity index is 2.24. The number of rotatable bonds is 11. The number of hydrogen-bond donors (Lipinski definition) is 5. The summed E-state index contributed by atoms with van der Waals surface area (Å²) < 4.78 is 17.7. The minimum absolute atomic E-state index is 0.174. The Kier molecular flexibility index (Phi) is 9.96. The summed E-state index contributed by atoms with van der Waals surface area (Å²) in [5, 5.41) is 43.3. The minimum atomic E-state index is -1.50. The number of hydrogen-bond acceptors (Lipinski definition) is 8. The molecule has 0 radical (unpaired) electrons. The van der Waals surface area contributed by atoms with E-state index in [0.717, 1.165) is 31.2 Å². The van der Waals surface area contributed by atoms with Crippen LogP contribution in [0.1, 0.15) is 72.8 Å². The van der Waals surface area contributed by atoms with Crippen LogP contribution in [0.4, 0.5) is 5.69 Å². The van der Waals surface area contributed by atoms with E-state index in [4.69, 9.17) is 14.2 Å². The molecule has 0 saturated carbocycles. The number of benzene rings is 1. The molecule has 1 aromatic rings. The summed E-state index contributed by atoms with van der Waals surface area (Å²) in [5.41, 5.74) is 1.22. The van der Waals surface area contributed by atoms with Gasteiger partial charge in [-0.25, -0.2) is 0 Å². The zero-order chi connectivity index (χ0) is 24.8. The molecule has 0 bridgehead atoms. The second kappa shape index (κ2) is 11.8. The molecule has 1 aliphatic heterocycles. The van der Waals surface area contributed by atoms with E-state index < -0.39 is 37.3 Å². The Labute approximate surface area is 197 Å². The summed E-state index contributed by atoms with van der Waals surface area (Å²) in [6.45, 7) is 12.5. The van der Waals surface area contributed by atoms with E-state index in [2.05, 4.69) is 26.1 Å². The topological polar surface area (TPSA) is 121 Å². The standard InChI is InChI=1S/C25H43NO7/c1-7-11-25(6,12-8-2)31-15-16-9-10-18(17(13-16)26-24(3,4)5)32-23-22(30)21(29)20(28)19(14-27)33-23/h9-10,13,19-23,26-30H,7-8,11-12,14-15H2,1-6H3. The normalized spacial score (nSPS) is 26.3. The largest absolute Gasteiger partial charge is 0.460 e. The first-order valence-electron chi connectivity index (χ1n) is 11.9. The zero-order valence-corrected chi connectivity index (χ0v) is 20.9. The summed E-state index contributed by atoms with van der Waals surface area (Å²) in [6.07, 6.45) is -2.59. The maximum Gasteiger partial charge on any atom is 0.229 e. The molecule has 1 fully saturated rings. The molecule has 5 unspecified atom stereocenters. The average molecular weight is 470 g/mol. The number of aliphatic hydroxyl groups excluding tert-OH is 4. The monoisotopic (exact) mass is 469 g/mol. The van der Waals surface area contributed by atoms with E-state index >= 15 is 0 Å². The van der Waals surface area contributed by atoms with E-state index in [1.807, 2.05) is 32.9 Å². The molecule has 0 amide bonds. The van der Waals surface area contributed by atoms with Gasteiger partial charge >= 0.3 is 0 Å². The van der Waals surface area contributed by atoms with Gasteiger partial charge in [0.15, 0.2) is 0 Å². The fraction of sp³-hybridized carbons (Fsp3) is 0.760. The number of ether oxygens (including phenoxy) is 3. The quantitative estimate of drug-likeness (QED) is 0.335. The molecule has 33 heavy (non-hydrogen) atoms. The van der Waals surface area contributed by atoms with Crippen LogP contribution in [0.25, 0.3) is 0 Å². The highest BCUT2D eigenvalue weighted by atomic mass is 16.7. The third kappa shape index (κ3) is 7.80. The van der Waals surface area contributed by atoms with Crippen LogP contribution in [-0.4, -0.2) is 68.9 Å². The Bertz CT molecular complexity index is 728. The van der Waals surface area contributed by atoms with Gasteiger partial charge in [0.1, 0.15) is 30.2 Å². The summed E-state index contributed by atoms with van der Waals surface area (Å²) in [7, 11) is 0. The zero-order valence-electron chi connectivity index (χ0n) is 20.9. The van der Waals surface area contributed by atoms with Crippen LogP contribution in [0.3, 0.4) is 0 Å². The summed E-state index contributed by atoms with van der Waals surface area (Å²) in [4.78, 5) is 0. The highest BCUT2D eigenvalue weighted by molar-refractivity contribution is 5.59. The SMILES string of the molecule is CCCC(C)(CCC)OCc1ccc(OC2OC(CO)C(O)C(O)C2O)c(NC(C)(C)C)c1. The number of aliphatic hydroxyl groups is 4. The lowest BCUT2D eigenvalue weighted by Crippen LogP contribution is -2.60. The van der Waals surface area contributed by atoms with Crippen molar-refractivity contribution >= 4 is 5.69 Å². The van der Waals surface area contributed by atoms with Crippen molar-refractivity contribution in [2.45, 2.75) is 116 Å². The summed E-state index contributed by atoms with van der Waals surface area (Å²) in [6, 6.07) is 5.61. The molecule has 190 valence electrons. The Morgan fingerprint density at radius 3 is 2.15 bits per heavy atom. The second-order valence-corrected chi connectivity index (χ2v) is 10.3. The average Bonchev–Trinajstić information content (AvgIpc) is 2.73. The van der Waals surface area contributed by atoms with Crippen LogP contribution < -0.4 is 10.1 Å². The van der Waals surface area contributed by atoms with Crippen molar-refractivity contribution in [3.63, 3.8) is 0 Å². The molecule has 8 nitrogen and oxygen atoms in total. The van der Waals surface area contributed by atoms with E-state index in [1.165, 1.54) is 0 Å². The minimum Gasteiger partial charge on any atom is -0.460 e. The van der Waals surface area contributed by atoms with E-state index in [-0.39, 0.29) is 11.1 Å². The van der Waals surface area contributed by atoms with Gasteiger partial charge in [-0.05, 0) is 58.2 Å². The summed E-state index contributed by atoms with van der Waals surface area (Å²) >= 11 is 0. The van der Waals surface area contributed by atoms with Crippen molar-refractivity contribution in [3.8, 4) is 5.75 Å². The van der Waals surface area contributed by atoms with Gasteiger partial charge in [-0.1, -0.05) is 32.8 Å². The molecule has 0 aliphatic carbocycles. The smallest absolute Gasteiger partial charge is 0.229 e. The Morgan fingerprint density at radius 2 is 1.61 bits per heavy atom. The number of nitrogens with one attached hydrogen (secondary N) is 1. The van der Waals surface area contributed by atoms with Gasteiger partial charge in [0.05, 0.1) is 24.5 Å². The molecular weight excluding hydrogens is 426 g/mol. The van der Waals surface area contributed by atoms with Crippen molar-refractivity contribution in [1.82, 2.24) is 0 Å². The molecule has 0 aromatic heterocycles. The predicted molar refractivity (Wildman–Crippen MR) is 127 cm³/mol. The molecule has 1 aliphatic rings. The molecule has 1 saturated heterocycles. The first kappa shape index (κ1) is 27.8. The van der Waals surface area contributed by atoms with Crippen molar-refractivity contribution < 1.29 is 34.6 Å². The fourth-order valence-electron chi connectivity index (χ4n) is 4.15. The van der Waals surface area contributed by atoms with Crippen molar-refractivity contribution in [3.05, 3.63) is 23.8 Å². The van der Waals surface area contributed by atoms with Gasteiger partial charge < -0.3 is 40.0 Å². The molecule has 1 heterocycles. The van der Waals surface area contributed by atoms with Crippen LogP contribution in [-0.2, 0) is 16.1 Å². The molecule has 5 atom stereocenters. The predicted octanol–water partition coefficient (Wildman–Crippen LogP) is 2.95. The van der Waals surface area contributed by atoms with Crippen molar-refractivity contribution in [2.24, 2.45) is 0 Å². The van der Waals surface area contributed by atoms with Gasteiger partial charge in [0.25, 0.3) is 0 Å². The van der Waals surface area contributed by atoms with Crippen LogP contribution in [0, 0.1) is 0 Å². The lowest BCUT2D eigenvalue weighted by atomic mass is 9.94. The van der Waals surface area contributed by atoms with Gasteiger partial charge in [0.2, 0.25) is 6.29 Å². The van der Waals surface area contributed by atoms with Crippen LogP contribution in [0.5, 0.6) is 5.75 Å². The fourth-order valence-corrected chi connectivity index (χ4v) is 4.15. The maximum atomic E-state index is 10.4. The molecule has 0 spiro atoms. The third-order valence-electron chi connectivity index (χ3n) is 5.79. The first-order chi connectivity index (χ1) is 15.4. The Hall–Kier alpha value is -1.42. The first-order valence-corrected chi connectivity index (χ1v) is 11.9. The molecule has 2 rings (SSSR count). The molecular formula is C25H43NO7. The van der Waals surface area contributed by atoms with E-state index in [9.17, 15) is 20.4 Å². The van der Waals surface area contributed by atoms with Crippen LogP contribution in [0.15, 0.2) is 18.2 Å². The van der Waals surface area contributed by atoms with Crippen molar-refractivity contribution in [2.75, 3.05) is 11.9 Å². The lowest BCUT2D eigenvalue weighted by molar-refractivity contribution is -0.277. The van der Waals surface area contributed by atoms with E-state index in [1.54, 1.807) is 6.07 Å². The molecule has 8 heteroatoms. The highest BCUT2D eigenvalue weighted by Crippen LogP contribution is 2.33. The van der Waals surface area contributed by atoms with Crippen LogP contribution >= 0.6 is 0 Å². The second-order valence-electron chi connectivity index (χ2n) is 10.3. The maximum absolute atomic E-state index is 10.4. The Morgan fingerprint density at radius 1 is 0.970 bits per heavy atom. The van der Waals surface area contributed by atoms with Crippen molar-refractivity contribution in [1.29, 1.82) is 0 Å². The van der Waals surface area contributed by atoms with E-state index in [0.29, 0.717) is 18.0 Å². The molecule has 5 N–H and O–H groups in total. The number of anilines is 1. The van der Waals surface area contributed by atoms with Gasteiger partial charge in [-0.15, -0.1) is 0 Å².